The van der Waals surface area contributed by atoms with Crippen molar-refractivity contribution in [1.82, 2.24) is 15.0 Å². The number of ether oxygens (including phenoxy) is 2. The smallest absolute Gasteiger partial charge is 0.340 e. The molecule has 0 aliphatic carbocycles. The Labute approximate surface area is 305 Å². The maximum absolute atomic E-state index is 13.9. The van der Waals surface area contributed by atoms with Gasteiger partial charge in [0.2, 0.25) is 0 Å². The second-order valence-corrected chi connectivity index (χ2v) is 16.2. The SMILES string of the molecule is Cc1nc(C#N)c(-c2ccc3c(c2)CCN(c2ncnc4c2oc2ccccc24)C3)c(N2CCC(C)(C)CC2)c1[C@H](OC(C)(C)C)C(=O)OC(C)C. The van der Waals surface area contributed by atoms with E-state index in [-0.39, 0.29) is 11.5 Å². The number of pyridine rings is 1. The molecule has 0 amide bonds. The van der Waals surface area contributed by atoms with Gasteiger partial charge in [0, 0.05) is 48.4 Å². The summed E-state index contributed by atoms with van der Waals surface area (Å²) in [5.74, 6) is 0.321. The van der Waals surface area contributed by atoms with Gasteiger partial charge in [-0.2, -0.15) is 5.26 Å². The number of carbonyl (C=O) groups excluding carboxylic acids is 1. The van der Waals surface area contributed by atoms with Crippen molar-refractivity contribution in [2.75, 3.05) is 29.4 Å². The molecule has 0 N–H and O–H groups in total. The highest BCUT2D eigenvalue weighted by Gasteiger charge is 2.38. The number of furan rings is 1. The molecule has 1 fully saturated rings. The zero-order chi connectivity index (χ0) is 36.9. The molecule has 1 saturated heterocycles. The molecule has 2 aliphatic heterocycles. The van der Waals surface area contributed by atoms with Crippen LogP contribution in [0.15, 0.2) is 53.2 Å². The van der Waals surface area contributed by atoms with E-state index in [4.69, 9.17) is 18.9 Å². The van der Waals surface area contributed by atoms with Crippen LogP contribution in [0.1, 0.15) is 95.5 Å². The topological polar surface area (TPSA) is 118 Å². The zero-order valence-electron chi connectivity index (χ0n) is 31.5. The van der Waals surface area contributed by atoms with Gasteiger partial charge in [-0.25, -0.2) is 19.7 Å². The molecule has 0 saturated carbocycles. The van der Waals surface area contributed by atoms with Crippen molar-refractivity contribution in [2.45, 2.75) is 99.0 Å². The Bertz CT molecular complexity index is 2200. The Morgan fingerprint density at radius 2 is 1.77 bits per heavy atom. The molecule has 0 bridgehead atoms. The normalized spacial score (nSPS) is 16.6. The number of hydrogen-bond acceptors (Lipinski definition) is 10. The highest BCUT2D eigenvalue weighted by atomic mass is 16.6. The van der Waals surface area contributed by atoms with E-state index in [1.54, 1.807) is 6.33 Å². The number of fused-ring (bicyclic) bond motifs is 4. The van der Waals surface area contributed by atoms with Crippen LogP contribution in [0, 0.1) is 23.7 Å². The highest BCUT2D eigenvalue weighted by molar-refractivity contribution is 6.05. The Hall–Kier alpha value is -5.01. The standard InChI is InChI=1S/C42H48N6O4/c1-25(2)50-40(49)37(52-41(4,5)6)33-26(3)46-31(22-43)34(36(33)47-19-16-42(7,8)17-20-47)28-13-14-29-23-48(18-15-27(29)21-28)39-38-35(44-24-45-39)30-11-9-10-12-32(30)51-38/h9-14,21,24-25,37H,15-20,23H2,1-8H3/t37-/m0/s1. The van der Waals surface area contributed by atoms with Gasteiger partial charge in [-0.05, 0) is 95.0 Å². The summed E-state index contributed by atoms with van der Waals surface area (Å²) in [6, 6.07) is 16.8. The summed E-state index contributed by atoms with van der Waals surface area (Å²) in [6.45, 7) is 18.9. The number of anilines is 2. The lowest BCUT2D eigenvalue weighted by atomic mass is 9.81. The fraction of sp³-hybridized carbons (Fsp3) is 0.452. The summed E-state index contributed by atoms with van der Waals surface area (Å²) in [5, 5.41) is 11.6. The van der Waals surface area contributed by atoms with Crippen LogP contribution < -0.4 is 9.80 Å². The van der Waals surface area contributed by atoms with Crippen LogP contribution in [0.4, 0.5) is 11.5 Å². The van der Waals surface area contributed by atoms with Crippen LogP contribution in [-0.2, 0) is 27.2 Å². The second kappa shape index (κ2) is 13.5. The molecule has 1 atom stereocenters. The Balaban J connectivity index is 1.34. The van der Waals surface area contributed by atoms with Crippen LogP contribution >= 0.6 is 0 Å². The number of nitrogens with zero attached hydrogens (tertiary/aromatic N) is 6. The molecule has 270 valence electrons. The van der Waals surface area contributed by atoms with Crippen molar-refractivity contribution >= 4 is 39.5 Å². The third-order valence-electron chi connectivity index (χ3n) is 10.2. The van der Waals surface area contributed by atoms with E-state index in [1.807, 2.05) is 65.8 Å². The van der Waals surface area contributed by atoms with Gasteiger partial charge < -0.3 is 23.7 Å². The quantitative estimate of drug-likeness (QED) is 0.153. The van der Waals surface area contributed by atoms with Crippen LogP contribution in [-0.4, -0.2) is 52.3 Å². The van der Waals surface area contributed by atoms with Gasteiger partial charge in [-0.1, -0.05) is 44.2 Å². The first-order valence-electron chi connectivity index (χ1n) is 18.3. The van der Waals surface area contributed by atoms with Crippen LogP contribution in [0.3, 0.4) is 0 Å². The van der Waals surface area contributed by atoms with E-state index in [0.717, 1.165) is 78.0 Å². The van der Waals surface area contributed by atoms with Crippen molar-refractivity contribution < 1.29 is 18.7 Å². The maximum Gasteiger partial charge on any atom is 0.340 e. The number of esters is 1. The van der Waals surface area contributed by atoms with E-state index in [0.29, 0.717) is 29.1 Å². The summed E-state index contributed by atoms with van der Waals surface area (Å²) in [7, 11) is 0. The zero-order valence-corrected chi connectivity index (χ0v) is 31.5. The minimum Gasteiger partial charge on any atom is -0.461 e. The minimum absolute atomic E-state index is 0.185. The molecule has 10 nitrogen and oxygen atoms in total. The van der Waals surface area contributed by atoms with Crippen molar-refractivity contribution in [3.05, 3.63) is 76.9 Å². The summed E-state index contributed by atoms with van der Waals surface area (Å²) in [4.78, 5) is 32.6. The van der Waals surface area contributed by atoms with E-state index in [2.05, 4.69) is 57.9 Å². The fourth-order valence-electron chi connectivity index (χ4n) is 7.53. The van der Waals surface area contributed by atoms with Crippen LogP contribution in [0.2, 0.25) is 0 Å². The number of nitriles is 1. The monoisotopic (exact) mass is 700 g/mol. The first-order valence-corrected chi connectivity index (χ1v) is 18.3. The van der Waals surface area contributed by atoms with Crippen molar-refractivity contribution in [3.63, 3.8) is 0 Å². The Morgan fingerprint density at radius 3 is 2.48 bits per heavy atom. The molecule has 3 aromatic heterocycles. The number of aromatic nitrogens is 3. The minimum atomic E-state index is -1.03. The van der Waals surface area contributed by atoms with Gasteiger partial charge in [0.05, 0.1) is 17.4 Å². The number of rotatable bonds is 7. The maximum atomic E-state index is 13.9. The molecule has 52 heavy (non-hydrogen) atoms. The first-order chi connectivity index (χ1) is 24.7. The molecule has 10 heteroatoms. The van der Waals surface area contributed by atoms with E-state index >= 15 is 0 Å². The van der Waals surface area contributed by atoms with Gasteiger partial charge in [-0.3, -0.25) is 0 Å². The summed E-state index contributed by atoms with van der Waals surface area (Å²) in [5.41, 5.74) is 8.24. The Morgan fingerprint density at radius 1 is 1.02 bits per heavy atom. The van der Waals surface area contributed by atoms with Crippen LogP contribution in [0.5, 0.6) is 0 Å². The predicted octanol–water partition coefficient (Wildman–Crippen LogP) is 8.62. The fourth-order valence-corrected chi connectivity index (χ4v) is 7.53. The van der Waals surface area contributed by atoms with Gasteiger partial charge in [0.1, 0.15) is 23.5 Å². The Kier molecular flexibility index (Phi) is 9.20. The van der Waals surface area contributed by atoms with Crippen molar-refractivity contribution in [2.24, 2.45) is 5.41 Å². The predicted molar refractivity (Wildman–Crippen MR) is 203 cm³/mol. The van der Waals surface area contributed by atoms with Gasteiger partial charge in [0.25, 0.3) is 0 Å². The molecule has 2 aliphatic rings. The summed E-state index contributed by atoms with van der Waals surface area (Å²) in [6.07, 6.45) is 2.97. The number of benzene rings is 2. The molecule has 0 unspecified atom stereocenters. The number of aryl methyl sites for hydroxylation is 1. The van der Waals surface area contributed by atoms with E-state index in [9.17, 15) is 10.1 Å². The molecular formula is C42H48N6O4. The number of hydrogen-bond donors (Lipinski definition) is 0. The highest BCUT2D eigenvalue weighted by Crippen LogP contribution is 2.46. The molecule has 2 aromatic carbocycles. The van der Waals surface area contributed by atoms with E-state index < -0.39 is 17.7 Å². The molecule has 0 spiro atoms. The van der Waals surface area contributed by atoms with Crippen LogP contribution in [0.25, 0.3) is 33.2 Å². The lowest BCUT2D eigenvalue weighted by Gasteiger charge is -2.41. The van der Waals surface area contributed by atoms with Gasteiger partial charge in [0.15, 0.2) is 23.2 Å². The molecule has 7 rings (SSSR count). The molecular weight excluding hydrogens is 653 g/mol. The average Bonchev–Trinajstić information content (AvgIpc) is 3.48. The van der Waals surface area contributed by atoms with E-state index in [1.165, 1.54) is 11.1 Å². The summed E-state index contributed by atoms with van der Waals surface area (Å²) >= 11 is 0. The third-order valence-corrected chi connectivity index (χ3v) is 10.2. The lowest BCUT2D eigenvalue weighted by Crippen LogP contribution is -2.39. The molecule has 5 aromatic rings. The second-order valence-electron chi connectivity index (χ2n) is 16.2. The molecule has 0 radical (unpaired) electrons. The summed E-state index contributed by atoms with van der Waals surface area (Å²) < 4.78 is 18.6. The lowest BCUT2D eigenvalue weighted by molar-refractivity contribution is -0.171. The number of para-hydroxylation sites is 1. The number of piperidine rings is 1. The largest absolute Gasteiger partial charge is 0.461 e. The first kappa shape index (κ1) is 35.4. The molecule has 5 heterocycles. The number of carbonyl (C=O) groups is 1. The van der Waals surface area contributed by atoms with Gasteiger partial charge >= 0.3 is 5.97 Å². The van der Waals surface area contributed by atoms with Crippen molar-refractivity contribution in [3.8, 4) is 17.2 Å². The average molecular weight is 701 g/mol. The van der Waals surface area contributed by atoms with Crippen molar-refractivity contribution in [1.29, 1.82) is 5.26 Å². The third kappa shape index (κ3) is 6.82. The van der Waals surface area contributed by atoms with Gasteiger partial charge in [-0.15, -0.1) is 0 Å².